The number of phosphoric acid groups is 1. The van der Waals surface area contributed by atoms with Gasteiger partial charge in [-0.1, -0.05) is 214 Å². The van der Waals surface area contributed by atoms with E-state index in [4.69, 9.17) is 18.5 Å². The Balaban J connectivity index is 4.07. The summed E-state index contributed by atoms with van der Waals surface area (Å²) < 4.78 is 33.9. The Labute approximate surface area is 417 Å². The molecule has 0 radical (unpaired) electrons. The van der Waals surface area contributed by atoms with Gasteiger partial charge in [0.25, 0.3) is 7.82 Å². The minimum atomic E-state index is -4.63. The van der Waals surface area contributed by atoms with E-state index in [2.05, 4.69) is 111 Å². The van der Waals surface area contributed by atoms with Crippen LogP contribution in [0.5, 0.6) is 0 Å². The predicted molar refractivity (Wildman–Crippen MR) is 286 cm³/mol. The molecule has 0 aliphatic carbocycles. The van der Waals surface area contributed by atoms with Crippen molar-refractivity contribution in [1.82, 2.24) is 0 Å². The molecule has 2 atom stereocenters. The Morgan fingerprint density at radius 2 is 0.838 bits per heavy atom. The summed E-state index contributed by atoms with van der Waals surface area (Å²) in [6.07, 6.45) is 66.1. The lowest BCUT2D eigenvalue weighted by molar-refractivity contribution is -0.870. The molecule has 0 amide bonds. The second kappa shape index (κ2) is 48.9. The van der Waals surface area contributed by atoms with E-state index >= 15 is 0 Å². The second-order valence-electron chi connectivity index (χ2n) is 18.9. The summed E-state index contributed by atoms with van der Waals surface area (Å²) in [6, 6.07) is 0. The summed E-state index contributed by atoms with van der Waals surface area (Å²) >= 11 is 0. The topological polar surface area (TPSA) is 111 Å². The zero-order chi connectivity index (χ0) is 49.9. The molecular formula is C58H100NO8P. The number of phosphoric ester groups is 1. The van der Waals surface area contributed by atoms with Crippen LogP contribution in [0.25, 0.3) is 0 Å². The zero-order valence-corrected chi connectivity index (χ0v) is 44.9. The molecule has 10 heteroatoms. The van der Waals surface area contributed by atoms with Crippen LogP contribution >= 0.6 is 7.82 Å². The molecule has 0 saturated heterocycles. The summed E-state index contributed by atoms with van der Waals surface area (Å²) in [5.41, 5.74) is 0. The maximum Gasteiger partial charge on any atom is 0.306 e. The molecule has 0 fully saturated rings. The average molecular weight is 970 g/mol. The van der Waals surface area contributed by atoms with Crippen molar-refractivity contribution in [3.8, 4) is 0 Å². The van der Waals surface area contributed by atoms with Crippen molar-refractivity contribution < 1.29 is 42.1 Å². The highest BCUT2D eigenvalue weighted by Gasteiger charge is 2.21. The lowest BCUT2D eigenvalue weighted by Crippen LogP contribution is -2.37. The van der Waals surface area contributed by atoms with Crippen LogP contribution in [0.2, 0.25) is 0 Å². The summed E-state index contributed by atoms with van der Waals surface area (Å²) in [6.45, 7) is 4.08. The van der Waals surface area contributed by atoms with Gasteiger partial charge in [0, 0.05) is 12.8 Å². The van der Waals surface area contributed by atoms with Crippen LogP contribution in [0.3, 0.4) is 0 Å². The Hall–Kier alpha value is -3.07. The minimum absolute atomic E-state index is 0.0347. The number of likely N-dealkylation sites (N-methyl/N-ethyl adjacent to an activating group) is 1. The highest BCUT2D eigenvalue weighted by Crippen LogP contribution is 2.38. The van der Waals surface area contributed by atoms with Crippen molar-refractivity contribution in [3.05, 3.63) is 97.2 Å². The summed E-state index contributed by atoms with van der Waals surface area (Å²) in [5.74, 6) is -0.845. The lowest BCUT2D eigenvalue weighted by atomic mass is 10.0. The molecule has 0 N–H and O–H groups in total. The normalized spacial score (nSPS) is 14.1. The third kappa shape index (κ3) is 52.3. The highest BCUT2D eigenvalue weighted by atomic mass is 31.2. The van der Waals surface area contributed by atoms with Gasteiger partial charge in [0.15, 0.2) is 6.10 Å². The van der Waals surface area contributed by atoms with E-state index in [1.54, 1.807) is 0 Å². The summed E-state index contributed by atoms with van der Waals surface area (Å²) in [5, 5.41) is 0. The van der Waals surface area contributed by atoms with Gasteiger partial charge < -0.3 is 27.9 Å². The first kappa shape index (κ1) is 64.9. The molecule has 0 heterocycles. The van der Waals surface area contributed by atoms with Crippen molar-refractivity contribution in [2.45, 2.75) is 213 Å². The first-order chi connectivity index (χ1) is 33.0. The fourth-order valence-electron chi connectivity index (χ4n) is 6.96. The van der Waals surface area contributed by atoms with Crippen LogP contribution in [0.4, 0.5) is 0 Å². The third-order valence-electron chi connectivity index (χ3n) is 11.1. The predicted octanol–water partition coefficient (Wildman–Crippen LogP) is 15.8. The number of allylic oxidation sites excluding steroid dienone is 16. The van der Waals surface area contributed by atoms with Crippen molar-refractivity contribution >= 4 is 19.8 Å². The highest BCUT2D eigenvalue weighted by molar-refractivity contribution is 7.45. The fraction of sp³-hybridized carbons (Fsp3) is 0.690. The molecule has 0 spiro atoms. The molecule has 0 aromatic heterocycles. The smallest absolute Gasteiger partial charge is 0.306 e. The Bertz CT molecular complexity index is 1470. The summed E-state index contributed by atoms with van der Waals surface area (Å²) in [7, 11) is 1.15. The minimum Gasteiger partial charge on any atom is -0.756 e. The first-order valence-electron chi connectivity index (χ1n) is 26.9. The van der Waals surface area contributed by atoms with Crippen molar-refractivity contribution in [3.63, 3.8) is 0 Å². The largest absolute Gasteiger partial charge is 0.756 e. The maximum atomic E-state index is 12.7. The zero-order valence-electron chi connectivity index (χ0n) is 44.0. The molecular weight excluding hydrogens is 870 g/mol. The van der Waals surface area contributed by atoms with Gasteiger partial charge in [-0.3, -0.25) is 14.2 Å². The fourth-order valence-corrected chi connectivity index (χ4v) is 7.69. The van der Waals surface area contributed by atoms with Crippen molar-refractivity contribution in [2.75, 3.05) is 47.5 Å². The number of rotatable bonds is 48. The number of ether oxygens (including phenoxy) is 2. The van der Waals surface area contributed by atoms with Crippen LogP contribution in [0.15, 0.2) is 97.2 Å². The number of quaternary nitrogens is 1. The van der Waals surface area contributed by atoms with E-state index in [0.717, 1.165) is 96.3 Å². The standard InChI is InChI=1S/C58H100NO8P/c1-6-8-10-12-14-16-17-18-19-20-21-22-23-24-25-26-27-28-29-30-31-32-33-34-35-36-37-38-39-40-41-43-45-47-49-51-58(61)67-56(55-66-68(62,63)65-53-52-59(3,4)5)54-64-57(60)50-48-46-44-42-15-13-11-9-7-2/h8,10,14,16,18-19,21-22,24-25,27-28,30-31,33-34,56H,6-7,9,11-13,15,17,20,23,26,29,32,35-55H2,1-5H3/b10-8-,16-14-,19-18-,22-21-,25-24-,28-27-,31-30-,34-33-. The number of unbranched alkanes of at least 4 members (excludes halogenated alkanes) is 18. The van der Waals surface area contributed by atoms with Gasteiger partial charge in [-0.05, 0) is 77.0 Å². The Morgan fingerprint density at radius 1 is 0.471 bits per heavy atom. The van der Waals surface area contributed by atoms with E-state index in [9.17, 15) is 19.0 Å². The van der Waals surface area contributed by atoms with Crippen molar-refractivity contribution in [2.24, 2.45) is 0 Å². The molecule has 0 aromatic carbocycles. The van der Waals surface area contributed by atoms with Crippen molar-refractivity contribution in [1.29, 1.82) is 0 Å². The third-order valence-corrected chi connectivity index (χ3v) is 12.1. The number of carbonyl (C=O) groups is 2. The van der Waals surface area contributed by atoms with Gasteiger partial charge in [-0.25, -0.2) is 0 Å². The molecule has 0 bridgehead atoms. The van der Waals surface area contributed by atoms with E-state index in [1.807, 2.05) is 21.1 Å². The second-order valence-corrected chi connectivity index (χ2v) is 20.3. The van der Waals surface area contributed by atoms with Gasteiger partial charge in [0.1, 0.15) is 19.8 Å². The average Bonchev–Trinajstić information content (AvgIpc) is 3.30. The van der Waals surface area contributed by atoms with Gasteiger partial charge in [0.05, 0.1) is 27.7 Å². The number of hydrogen-bond donors (Lipinski definition) is 0. The van der Waals surface area contributed by atoms with Crippen LogP contribution in [0, 0.1) is 0 Å². The maximum absolute atomic E-state index is 12.7. The molecule has 0 saturated carbocycles. The first-order valence-corrected chi connectivity index (χ1v) is 28.4. The van der Waals surface area contributed by atoms with Crippen LogP contribution in [-0.4, -0.2) is 70.0 Å². The molecule has 390 valence electrons. The Kier molecular flexibility index (Phi) is 46.7. The number of hydrogen-bond acceptors (Lipinski definition) is 8. The van der Waals surface area contributed by atoms with Crippen LogP contribution in [-0.2, 0) is 32.7 Å². The van der Waals surface area contributed by atoms with Gasteiger partial charge in [-0.2, -0.15) is 0 Å². The number of nitrogens with zero attached hydrogens (tertiary/aromatic N) is 1. The van der Waals surface area contributed by atoms with Gasteiger partial charge >= 0.3 is 11.9 Å². The monoisotopic (exact) mass is 970 g/mol. The number of carbonyl (C=O) groups excluding carboxylic acids is 2. The van der Waals surface area contributed by atoms with E-state index < -0.39 is 32.5 Å². The quantitative estimate of drug-likeness (QED) is 0.0195. The molecule has 0 rings (SSSR count). The SMILES string of the molecule is CC/C=C\C/C=C\C/C=C\C/C=C\C/C=C\C/C=C\C/C=C\C/C=C\CCCCCCCCCCCCC(=O)OC(COC(=O)CCCCCCCCCCC)COP(=O)([O-])OCC[N+](C)(C)C. The van der Waals surface area contributed by atoms with Crippen LogP contribution in [0.1, 0.15) is 206 Å². The molecule has 0 aliphatic rings. The summed E-state index contributed by atoms with van der Waals surface area (Å²) in [4.78, 5) is 37.6. The Morgan fingerprint density at radius 3 is 1.25 bits per heavy atom. The molecule has 68 heavy (non-hydrogen) atoms. The van der Waals surface area contributed by atoms with Gasteiger partial charge in [0.2, 0.25) is 0 Å². The lowest BCUT2D eigenvalue weighted by Gasteiger charge is -2.28. The van der Waals surface area contributed by atoms with E-state index in [0.29, 0.717) is 17.4 Å². The molecule has 9 nitrogen and oxygen atoms in total. The van der Waals surface area contributed by atoms with E-state index in [-0.39, 0.29) is 26.1 Å². The van der Waals surface area contributed by atoms with E-state index in [1.165, 1.54) is 77.0 Å². The number of esters is 2. The molecule has 0 aliphatic heterocycles. The van der Waals surface area contributed by atoms with Crippen LogP contribution < -0.4 is 4.89 Å². The molecule has 0 aromatic rings. The molecule has 2 unspecified atom stereocenters. The van der Waals surface area contributed by atoms with Gasteiger partial charge in [-0.15, -0.1) is 0 Å².